The molecule has 0 aromatic carbocycles. The molecule has 25 heavy (non-hydrogen) atoms. The van der Waals surface area contributed by atoms with Crippen molar-refractivity contribution < 1.29 is 9.59 Å². The first-order valence-electron chi connectivity index (χ1n) is 9.06. The normalized spacial score (nSPS) is 21.0. The van der Waals surface area contributed by atoms with E-state index in [4.69, 9.17) is 0 Å². The summed E-state index contributed by atoms with van der Waals surface area (Å²) in [6.07, 6.45) is 8.05. The molecule has 1 aliphatic carbocycles. The van der Waals surface area contributed by atoms with Crippen LogP contribution in [0.25, 0.3) is 0 Å². The Labute approximate surface area is 149 Å². The van der Waals surface area contributed by atoms with Gasteiger partial charge in [-0.1, -0.05) is 33.6 Å². The van der Waals surface area contributed by atoms with Crippen molar-refractivity contribution in [3.05, 3.63) is 12.4 Å². The second-order valence-electron chi connectivity index (χ2n) is 7.89. The van der Waals surface area contributed by atoms with Gasteiger partial charge in [-0.3, -0.25) is 14.3 Å². The summed E-state index contributed by atoms with van der Waals surface area (Å²) in [6.45, 7) is 7.26. The first-order valence-corrected chi connectivity index (χ1v) is 9.06. The molecule has 2 rings (SSSR count). The molecule has 1 aliphatic rings. The van der Waals surface area contributed by atoms with Crippen molar-refractivity contribution in [2.24, 2.45) is 11.3 Å². The minimum Gasteiger partial charge on any atom is -0.358 e. The Kier molecular flexibility index (Phi) is 6.58. The van der Waals surface area contributed by atoms with Crippen LogP contribution in [0.2, 0.25) is 0 Å². The van der Waals surface area contributed by atoms with Crippen molar-refractivity contribution in [1.82, 2.24) is 20.4 Å². The van der Waals surface area contributed by atoms with Crippen molar-refractivity contribution >= 4 is 17.5 Å². The van der Waals surface area contributed by atoms with Gasteiger partial charge in [-0.15, -0.1) is 0 Å². The summed E-state index contributed by atoms with van der Waals surface area (Å²) in [6, 6.07) is 0.385. The van der Waals surface area contributed by atoms with E-state index in [1.807, 2.05) is 0 Å². The second-order valence-corrected chi connectivity index (χ2v) is 7.89. The Morgan fingerprint density at radius 3 is 2.64 bits per heavy atom. The molecule has 1 aromatic rings. The first-order chi connectivity index (χ1) is 11.8. The van der Waals surface area contributed by atoms with Crippen LogP contribution in [0.5, 0.6) is 0 Å². The smallest absolute Gasteiger partial charge is 0.241 e. The van der Waals surface area contributed by atoms with Crippen LogP contribution in [0.15, 0.2) is 12.4 Å². The maximum atomic E-state index is 12.2. The Morgan fingerprint density at radius 2 is 1.96 bits per heavy atom. The molecule has 0 spiro atoms. The number of hydrogen-bond donors (Lipinski definition) is 3. The van der Waals surface area contributed by atoms with Crippen molar-refractivity contribution in [3.8, 4) is 0 Å². The molecule has 1 fully saturated rings. The minimum atomic E-state index is -0.131. The van der Waals surface area contributed by atoms with Crippen LogP contribution in [0.3, 0.4) is 0 Å². The molecule has 1 heterocycles. The van der Waals surface area contributed by atoms with E-state index in [1.54, 1.807) is 19.4 Å². The van der Waals surface area contributed by atoms with Crippen LogP contribution < -0.4 is 16.0 Å². The van der Waals surface area contributed by atoms with E-state index >= 15 is 0 Å². The number of likely N-dealkylation sites (N-methyl/N-ethyl adjacent to an activating group) is 1. The maximum absolute atomic E-state index is 12.2. The third-order valence-electron chi connectivity index (χ3n) is 4.90. The van der Waals surface area contributed by atoms with E-state index in [0.29, 0.717) is 17.6 Å². The lowest BCUT2D eigenvalue weighted by atomic mass is 9.69. The number of amides is 2. The molecule has 0 aliphatic heterocycles. The number of nitrogens with one attached hydrogen (secondary N) is 3. The molecule has 0 radical (unpaired) electrons. The monoisotopic (exact) mass is 349 g/mol. The van der Waals surface area contributed by atoms with Gasteiger partial charge in [0.25, 0.3) is 0 Å². The van der Waals surface area contributed by atoms with E-state index in [9.17, 15) is 9.59 Å². The van der Waals surface area contributed by atoms with E-state index < -0.39 is 0 Å². The van der Waals surface area contributed by atoms with Gasteiger partial charge < -0.3 is 16.0 Å². The highest BCUT2D eigenvalue weighted by Crippen LogP contribution is 2.37. The number of nitrogens with zero attached hydrogens (tertiary/aromatic N) is 2. The topological polar surface area (TPSA) is 88.0 Å². The molecule has 140 valence electrons. The third-order valence-corrected chi connectivity index (χ3v) is 4.90. The lowest BCUT2D eigenvalue weighted by Gasteiger charge is -2.40. The number of rotatable bonds is 6. The zero-order valence-electron chi connectivity index (χ0n) is 15.8. The predicted octanol–water partition coefficient (Wildman–Crippen LogP) is 1.76. The Hall–Kier alpha value is -1.89. The average molecular weight is 349 g/mol. The fourth-order valence-electron chi connectivity index (χ4n) is 3.58. The Bertz CT molecular complexity index is 591. The Morgan fingerprint density at radius 1 is 1.24 bits per heavy atom. The van der Waals surface area contributed by atoms with Crippen molar-refractivity contribution in [1.29, 1.82) is 0 Å². The van der Waals surface area contributed by atoms with Gasteiger partial charge in [-0.2, -0.15) is 5.10 Å². The van der Waals surface area contributed by atoms with Crippen LogP contribution in [0.4, 0.5) is 5.69 Å². The number of carbonyl (C=O) groups excluding carboxylic acids is 2. The summed E-state index contributed by atoms with van der Waals surface area (Å²) in [5, 5.41) is 12.9. The third kappa shape index (κ3) is 5.85. The molecule has 0 bridgehead atoms. The summed E-state index contributed by atoms with van der Waals surface area (Å²) >= 11 is 0. The molecule has 1 saturated carbocycles. The molecule has 2 amide bonds. The lowest BCUT2D eigenvalue weighted by Crippen LogP contribution is -2.46. The molecule has 1 aromatic heterocycles. The van der Waals surface area contributed by atoms with Crippen LogP contribution >= 0.6 is 0 Å². The van der Waals surface area contributed by atoms with E-state index in [0.717, 1.165) is 6.42 Å². The van der Waals surface area contributed by atoms with E-state index in [-0.39, 0.29) is 30.3 Å². The lowest BCUT2D eigenvalue weighted by molar-refractivity contribution is -0.121. The van der Waals surface area contributed by atoms with Crippen LogP contribution in [-0.4, -0.2) is 41.2 Å². The molecule has 2 unspecified atom stereocenters. The van der Waals surface area contributed by atoms with Gasteiger partial charge in [-0.05, 0) is 24.2 Å². The van der Waals surface area contributed by atoms with Gasteiger partial charge in [0.05, 0.1) is 18.4 Å². The summed E-state index contributed by atoms with van der Waals surface area (Å²) in [7, 11) is 1.58. The highest BCUT2D eigenvalue weighted by molar-refractivity contribution is 5.92. The fraction of sp³-hybridized carbons (Fsp3) is 0.722. The SMILES string of the molecule is CNC(=O)Cn1cc(NC(=O)CNC2CCCCC2C(C)(C)C)cn1. The van der Waals surface area contributed by atoms with Crippen molar-refractivity contribution in [3.63, 3.8) is 0 Å². The standard InChI is InChI=1S/C18H31N5O2/c1-18(2,3)14-7-5-6-8-15(14)20-10-16(24)22-13-9-21-23(11-13)12-17(25)19-4/h9,11,14-15,20H,5-8,10,12H2,1-4H3,(H,19,25)(H,22,24). The maximum Gasteiger partial charge on any atom is 0.241 e. The molecule has 7 nitrogen and oxygen atoms in total. The number of aromatic nitrogens is 2. The van der Waals surface area contributed by atoms with Gasteiger partial charge in [0.1, 0.15) is 6.54 Å². The molecule has 0 saturated heterocycles. The van der Waals surface area contributed by atoms with Crippen LogP contribution in [-0.2, 0) is 16.1 Å². The summed E-state index contributed by atoms with van der Waals surface area (Å²) in [4.78, 5) is 23.5. The average Bonchev–Trinajstić information content (AvgIpc) is 2.99. The van der Waals surface area contributed by atoms with Crippen molar-refractivity contribution in [2.75, 3.05) is 18.9 Å². The molecule has 7 heteroatoms. The van der Waals surface area contributed by atoms with Gasteiger partial charge >= 0.3 is 0 Å². The molecular weight excluding hydrogens is 318 g/mol. The van der Waals surface area contributed by atoms with Crippen LogP contribution in [0.1, 0.15) is 46.5 Å². The number of carbonyl (C=O) groups is 2. The number of hydrogen-bond acceptors (Lipinski definition) is 4. The molecular formula is C18H31N5O2. The number of anilines is 1. The highest BCUT2D eigenvalue weighted by Gasteiger charge is 2.33. The summed E-state index contributed by atoms with van der Waals surface area (Å²) in [5.74, 6) is 0.371. The fourth-order valence-corrected chi connectivity index (χ4v) is 3.58. The quantitative estimate of drug-likeness (QED) is 0.730. The largest absolute Gasteiger partial charge is 0.358 e. The first kappa shape index (κ1) is 19.4. The van der Waals surface area contributed by atoms with Crippen LogP contribution in [0, 0.1) is 11.3 Å². The molecule has 3 N–H and O–H groups in total. The van der Waals surface area contributed by atoms with Gasteiger partial charge in [0.2, 0.25) is 11.8 Å². The van der Waals surface area contributed by atoms with Gasteiger partial charge in [0.15, 0.2) is 0 Å². The molecule has 2 atom stereocenters. The Balaban J connectivity index is 1.83. The van der Waals surface area contributed by atoms with E-state index in [2.05, 4.69) is 41.8 Å². The van der Waals surface area contributed by atoms with Crippen molar-refractivity contribution in [2.45, 2.75) is 59.0 Å². The van der Waals surface area contributed by atoms with E-state index in [1.165, 1.54) is 23.9 Å². The second kappa shape index (κ2) is 8.47. The van der Waals surface area contributed by atoms with Gasteiger partial charge in [-0.25, -0.2) is 0 Å². The zero-order valence-corrected chi connectivity index (χ0v) is 15.8. The predicted molar refractivity (Wildman–Crippen MR) is 98.1 cm³/mol. The van der Waals surface area contributed by atoms with Gasteiger partial charge in [0, 0.05) is 19.3 Å². The summed E-state index contributed by atoms with van der Waals surface area (Å²) < 4.78 is 1.50. The zero-order chi connectivity index (χ0) is 18.4. The highest BCUT2D eigenvalue weighted by atomic mass is 16.2. The minimum absolute atomic E-state index is 0.0854. The summed E-state index contributed by atoms with van der Waals surface area (Å²) in [5.41, 5.74) is 0.849.